The van der Waals surface area contributed by atoms with Crippen LogP contribution in [-0.4, -0.2) is 32.0 Å². The Balaban J connectivity index is 2.04. The number of rotatable bonds is 1. The van der Waals surface area contributed by atoms with Crippen LogP contribution in [0.15, 0.2) is 48.5 Å². The average molecular weight is 300 g/mol. The van der Waals surface area contributed by atoms with Crippen molar-refractivity contribution in [1.82, 2.24) is 4.90 Å². The highest BCUT2D eigenvalue weighted by atomic mass is 35.5. The molecule has 0 aliphatic carbocycles. The molecule has 0 fully saturated rings. The fraction of sp³-hybridized carbons (Fsp3) is 0.294. The second kappa shape index (κ2) is 6.65. The van der Waals surface area contributed by atoms with Crippen LogP contribution in [0.1, 0.15) is 12.0 Å². The molecule has 0 atom stereocenters. The first-order chi connectivity index (χ1) is 10.2. The fourth-order valence-corrected chi connectivity index (χ4v) is 3.07. The van der Waals surface area contributed by atoms with Crippen molar-refractivity contribution in [2.45, 2.75) is 13.0 Å². The van der Waals surface area contributed by atoms with Gasteiger partial charge in [-0.2, -0.15) is 0 Å². The van der Waals surface area contributed by atoms with E-state index in [1.54, 1.807) is 0 Å². The molecular formula is C17H19BClNO. The molecule has 2 aromatic rings. The molecule has 1 aliphatic heterocycles. The van der Waals surface area contributed by atoms with Gasteiger partial charge in [-0.3, -0.25) is 0 Å². The Kier molecular flexibility index (Phi) is 4.64. The van der Waals surface area contributed by atoms with Crippen molar-refractivity contribution in [3.8, 4) is 0 Å². The van der Waals surface area contributed by atoms with Gasteiger partial charge in [0.05, 0.1) is 0 Å². The lowest BCUT2D eigenvalue weighted by molar-refractivity contribution is 0.270. The van der Waals surface area contributed by atoms with Crippen LogP contribution in [0.4, 0.5) is 0 Å². The Labute approximate surface area is 131 Å². The smallest absolute Gasteiger partial charge is 0.362 e. The van der Waals surface area contributed by atoms with E-state index in [1.165, 1.54) is 11.0 Å². The minimum atomic E-state index is -0.0357. The van der Waals surface area contributed by atoms with Gasteiger partial charge in [0.25, 0.3) is 0 Å². The summed E-state index contributed by atoms with van der Waals surface area (Å²) in [5.74, 6) is 0. The molecule has 0 saturated carbocycles. The lowest BCUT2D eigenvalue weighted by Gasteiger charge is -2.18. The first kappa shape index (κ1) is 14.6. The lowest BCUT2D eigenvalue weighted by Crippen LogP contribution is -2.46. The second-order valence-electron chi connectivity index (χ2n) is 5.60. The van der Waals surface area contributed by atoms with E-state index in [-0.39, 0.29) is 6.92 Å². The summed E-state index contributed by atoms with van der Waals surface area (Å²) in [4.78, 5) is 2.35. The summed E-state index contributed by atoms with van der Waals surface area (Å²) in [5, 5.41) is 0.755. The molecule has 1 heterocycles. The summed E-state index contributed by atoms with van der Waals surface area (Å²) in [5.41, 5.74) is 3.69. The Morgan fingerprint density at radius 2 is 2.00 bits per heavy atom. The lowest BCUT2D eigenvalue weighted by atomic mass is 9.54. The molecule has 3 rings (SSSR count). The van der Waals surface area contributed by atoms with E-state index in [0.29, 0.717) is 0 Å². The van der Waals surface area contributed by atoms with Gasteiger partial charge >= 0.3 is 6.92 Å². The zero-order valence-corrected chi connectivity index (χ0v) is 13.0. The number of halogens is 1. The van der Waals surface area contributed by atoms with Crippen LogP contribution in [0.5, 0.6) is 0 Å². The molecule has 0 amide bonds. The van der Waals surface area contributed by atoms with E-state index in [0.717, 1.165) is 36.6 Å². The summed E-state index contributed by atoms with van der Waals surface area (Å²) in [6, 6.07) is 16.5. The van der Waals surface area contributed by atoms with Crippen molar-refractivity contribution in [2.75, 3.05) is 20.2 Å². The van der Waals surface area contributed by atoms with E-state index in [2.05, 4.69) is 42.3 Å². The molecule has 2 aromatic carbocycles. The summed E-state index contributed by atoms with van der Waals surface area (Å²) < 4.78 is 6.19. The first-order valence-corrected chi connectivity index (χ1v) is 7.75. The van der Waals surface area contributed by atoms with Crippen molar-refractivity contribution in [1.29, 1.82) is 0 Å². The highest BCUT2D eigenvalue weighted by molar-refractivity contribution is 6.80. The van der Waals surface area contributed by atoms with Crippen LogP contribution in [0.3, 0.4) is 0 Å². The predicted octanol–water partition coefficient (Wildman–Crippen LogP) is 2.30. The van der Waals surface area contributed by atoms with E-state index in [1.807, 2.05) is 18.2 Å². The molecule has 1 aliphatic rings. The van der Waals surface area contributed by atoms with Gasteiger partial charge in [-0.1, -0.05) is 48.0 Å². The second-order valence-corrected chi connectivity index (χ2v) is 6.03. The van der Waals surface area contributed by atoms with Crippen LogP contribution in [0.2, 0.25) is 5.02 Å². The van der Waals surface area contributed by atoms with Gasteiger partial charge in [0, 0.05) is 24.7 Å². The Morgan fingerprint density at radius 1 is 1.14 bits per heavy atom. The monoisotopic (exact) mass is 299 g/mol. The molecule has 0 saturated heterocycles. The van der Waals surface area contributed by atoms with E-state index < -0.39 is 0 Å². The molecule has 0 bridgehead atoms. The topological polar surface area (TPSA) is 12.5 Å². The molecular weight excluding hydrogens is 280 g/mol. The number of benzene rings is 2. The fourth-order valence-electron chi connectivity index (χ4n) is 2.87. The number of fused-ring (bicyclic) bond motifs is 1. The van der Waals surface area contributed by atoms with Crippen molar-refractivity contribution in [2.24, 2.45) is 0 Å². The van der Waals surface area contributed by atoms with E-state index in [4.69, 9.17) is 16.3 Å². The van der Waals surface area contributed by atoms with Gasteiger partial charge in [-0.25, -0.2) is 0 Å². The summed E-state index contributed by atoms with van der Waals surface area (Å²) in [6.07, 6.45) is 1.04. The van der Waals surface area contributed by atoms with E-state index in [9.17, 15) is 0 Å². The van der Waals surface area contributed by atoms with Crippen LogP contribution < -0.4 is 10.9 Å². The van der Waals surface area contributed by atoms with Gasteiger partial charge in [-0.05, 0) is 42.1 Å². The van der Waals surface area contributed by atoms with Gasteiger partial charge in [-0.15, -0.1) is 0 Å². The summed E-state index contributed by atoms with van der Waals surface area (Å²) in [6.45, 7) is 2.73. The number of hydrogen-bond donors (Lipinski definition) is 0. The molecule has 108 valence electrons. The standard InChI is InChI=1S/C17H19BClNO/c1-20-10-5-11-21-18(15-7-4-8-16(19)12-15)17-9-3-2-6-14(17)13-20/h2-4,6-9,12H,5,10-11,13H2,1H3. The van der Waals surface area contributed by atoms with Crippen LogP contribution in [0.25, 0.3) is 0 Å². The Hall–Kier alpha value is -1.29. The molecule has 4 heteroatoms. The quantitative estimate of drug-likeness (QED) is 0.749. The van der Waals surface area contributed by atoms with Crippen molar-refractivity contribution in [3.05, 3.63) is 59.1 Å². The summed E-state index contributed by atoms with van der Waals surface area (Å²) >= 11 is 6.16. The highest BCUT2D eigenvalue weighted by Gasteiger charge is 2.25. The van der Waals surface area contributed by atoms with Crippen molar-refractivity contribution >= 4 is 29.4 Å². The molecule has 21 heavy (non-hydrogen) atoms. The van der Waals surface area contributed by atoms with Crippen molar-refractivity contribution < 1.29 is 4.65 Å². The van der Waals surface area contributed by atoms with Gasteiger partial charge in [0.1, 0.15) is 0 Å². The Bertz CT molecular complexity index is 619. The van der Waals surface area contributed by atoms with Crippen molar-refractivity contribution in [3.63, 3.8) is 0 Å². The third-order valence-electron chi connectivity index (χ3n) is 3.90. The Morgan fingerprint density at radius 3 is 2.86 bits per heavy atom. The number of nitrogens with zero attached hydrogens (tertiary/aromatic N) is 1. The maximum atomic E-state index is 6.19. The van der Waals surface area contributed by atoms with Gasteiger partial charge in [0.2, 0.25) is 0 Å². The maximum Gasteiger partial charge on any atom is 0.362 e. The van der Waals surface area contributed by atoms with Crippen LogP contribution in [-0.2, 0) is 11.2 Å². The normalized spacial score (nSPS) is 16.8. The molecule has 0 radical (unpaired) electrons. The average Bonchev–Trinajstić information content (AvgIpc) is 2.55. The first-order valence-electron chi connectivity index (χ1n) is 7.37. The van der Waals surface area contributed by atoms with Crippen LogP contribution >= 0.6 is 11.6 Å². The summed E-state index contributed by atoms with van der Waals surface area (Å²) in [7, 11) is 2.16. The highest BCUT2D eigenvalue weighted by Crippen LogP contribution is 2.10. The zero-order chi connectivity index (χ0) is 14.7. The molecule has 2 nitrogen and oxygen atoms in total. The molecule has 0 aromatic heterocycles. The van der Waals surface area contributed by atoms with E-state index >= 15 is 0 Å². The van der Waals surface area contributed by atoms with Crippen LogP contribution in [0, 0.1) is 0 Å². The zero-order valence-electron chi connectivity index (χ0n) is 12.3. The van der Waals surface area contributed by atoms with Gasteiger partial charge < -0.3 is 9.55 Å². The SMILES string of the molecule is CN1CCCOB(c2cccc(Cl)c2)c2ccccc2C1. The third kappa shape index (κ3) is 3.49. The third-order valence-corrected chi connectivity index (χ3v) is 4.13. The minimum Gasteiger partial charge on any atom is -0.427 e. The molecule has 0 spiro atoms. The predicted molar refractivity (Wildman–Crippen MR) is 89.8 cm³/mol. The molecule has 0 N–H and O–H groups in total. The molecule has 0 unspecified atom stereocenters. The van der Waals surface area contributed by atoms with Gasteiger partial charge in [0.15, 0.2) is 0 Å². The maximum absolute atomic E-state index is 6.19. The number of hydrogen-bond acceptors (Lipinski definition) is 2. The largest absolute Gasteiger partial charge is 0.427 e. The minimum absolute atomic E-state index is 0.0357.